The highest BCUT2D eigenvalue weighted by atomic mass is 32.2. The molecule has 5 N–H and O–H groups in total. The van der Waals surface area contributed by atoms with Gasteiger partial charge < -0.3 is 16.8 Å². The molecule has 3 rings (SSSR count). The lowest BCUT2D eigenvalue weighted by Gasteiger charge is -2.25. The van der Waals surface area contributed by atoms with Gasteiger partial charge in [-0.1, -0.05) is 43.0 Å². The Bertz CT molecular complexity index is 830. The van der Waals surface area contributed by atoms with E-state index in [1.807, 2.05) is 43.3 Å². The highest BCUT2D eigenvalue weighted by molar-refractivity contribution is 8.02. The van der Waals surface area contributed by atoms with Crippen LogP contribution in [0, 0.1) is 0 Å². The van der Waals surface area contributed by atoms with E-state index in [-0.39, 0.29) is 11.9 Å². The van der Waals surface area contributed by atoms with Crippen molar-refractivity contribution in [2.24, 2.45) is 11.5 Å². The summed E-state index contributed by atoms with van der Waals surface area (Å²) in [5.74, 6) is 0.767. The number of carbonyl (C=O) groups excluding carboxylic acids is 1. The summed E-state index contributed by atoms with van der Waals surface area (Å²) in [6.45, 7) is 5.69. The molecule has 0 aromatic heterocycles. The minimum atomic E-state index is -0.470. The lowest BCUT2D eigenvalue weighted by Crippen LogP contribution is -2.34. The van der Waals surface area contributed by atoms with Crippen molar-refractivity contribution in [3.63, 3.8) is 0 Å². The first-order valence-electron chi connectivity index (χ1n) is 9.22. The van der Waals surface area contributed by atoms with Crippen LogP contribution in [0.15, 0.2) is 60.1 Å². The molecule has 27 heavy (non-hydrogen) atoms. The van der Waals surface area contributed by atoms with Gasteiger partial charge in [0, 0.05) is 16.9 Å². The van der Waals surface area contributed by atoms with Crippen molar-refractivity contribution in [3.8, 4) is 0 Å². The lowest BCUT2D eigenvalue weighted by molar-refractivity contribution is 0.0936. The summed E-state index contributed by atoms with van der Waals surface area (Å²) in [6.07, 6.45) is 2.74. The van der Waals surface area contributed by atoms with E-state index in [0.29, 0.717) is 10.6 Å². The molecule has 0 bridgehead atoms. The zero-order chi connectivity index (χ0) is 19.4. The van der Waals surface area contributed by atoms with E-state index in [4.69, 9.17) is 11.5 Å². The van der Waals surface area contributed by atoms with Crippen LogP contribution < -0.4 is 16.8 Å². The monoisotopic (exact) mass is 381 g/mol. The van der Waals surface area contributed by atoms with Gasteiger partial charge in [0.25, 0.3) is 5.91 Å². The second kappa shape index (κ2) is 8.19. The maximum absolute atomic E-state index is 12.6. The van der Waals surface area contributed by atoms with E-state index in [1.165, 1.54) is 22.9 Å². The first-order chi connectivity index (χ1) is 12.9. The van der Waals surface area contributed by atoms with Gasteiger partial charge >= 0.3 is 0 Å². The number of hydrogen-bond acceptors (Lipinski definition) is 4. The van der Waals surface area contributed by atoms with E-state index in [9.17, 15) is 4.79 Å². The zero-order valence-corrected chi connectivity index (χ0v) is 16.5. The van der Waals surface area contributed by atoms with Crippen molar-refractivity contribution in [2.75, 3.05) is 5.75 Å². The van der Waals surface area contributed by atoms with E-state index in [0.717, 1.165) is 30.6 Å². The maximum atomic E-state index is 12.6. The number of rotatable bonds is 7. The molecule has 0 saturated carbocycles. The Kier molecular flexibility index (Phi) is 5.92. The number of thioether (sulfide) groups is 1. The molecular formula is C22H27N3OS. The molecule has 0 aliphatic heterocycles. The van der Waals surface area contributed by atoms with Gasteiger partial charge in [0.15, 0.2) is 0 Å². The van der Waals surface area contributed by atoms with Gasteiger partial charge in [-0.3, -0.25) is 4.79 Å². The molecule has 142 valence electrons. The van der Waals surface area contributed by atoms with Crippen LogP contribution >= 0.6 is 11.8 Å². The molecule has 1 aliphatic carbocycles. The molecule has 2 aromatic rings. The fraction of sp³-hybridized carbons (Fsp3) is 0.318. The molecule has 1 amide bonds. The predicted molar refractivity (Wildman–Crippen MR) is 113 cm³/mol. The van der Waals surface area contributed by atoms with Gasteiger partial charge in [-0.25, -0.2) is 0 Å². The third kappa shape index (κ3) is 4.73. The predicted octanol–water partition coefficient (Wildman–Crippen LogP) is 3.83. The average molecular weight is 382 g/mol. The van der Waals surface area contributed by atoms with Gasteiger partial charge in [0.1, 0.15) is 0 Å². The van der Waals surface area contributed by atoms with E-state index >= 15 is 0 Å². The van der Waals surface area contributed by atoms with Crippen molar-refractivity contribution >= 4 is 17.7 Å². The molecule has 0 fully saturated rings. The van der Waals surface area contributed by atoms with Crippen LogP contribution in [0.3, 0.4) is 0 Å². The van der Waals surface area contributed by atoms with Crippen LogP contribution in [0.4, 0.5) is 0 Å². The SMILES string of the molecule is C=C(N)SCCC(C)(N)c1ccc(C(=O)NC2CCc3ccccc32)cc1. The van der Waals surface area contributed by atoms with Crippen molar-refractivity contribution in [1.29, 1.82) is 0 Å². The molecule has 1 aliphatic rings. The molecule has 5 heteroatoms. The van der Waals surface area contributed by atoms with Crippen molar-refractivity contribution in [3.05, 3.63) is 82.4 Å². The van der Waals surface area contributed by atoms with Gasteiger partial charge in [-0.05, 0) is 55.0 Å². The maximum Gasteiger partial charge on any atom is 0.251 e. The highest BCUT2D eigenvalue weighted by Gasteiger charge is 2.25. The van der Waals surface area contributed by atoms with E-state index in [2.05, 4.69) is 24.0 Å². The number of fused-ring (bicyclic) bond motifs is 1. The Balaban J connectivity index is 1.63. The summed E-state index contributed by atoms with van der Waals surface area (Å²) in [6, 6.07) is 16.0. The number of amides is 1. The van der Waals surface area contributed by atoms with Crippen molar-refractivity contribution in [2.45, 2.75) is 37.8 Å². The Labute approximate surface area is 165 Å². The second-order valence-corrected chi connectivity index (χ2v) is 8.54. The van der Waals surface area contributed by atoms with Gasteiger partial charge in [-0.2, -0.15) is 0 Å². The van der Waals surface area contributed by atoms with Crippen LogP contribution in [0.5, 0.6) is 0 Å². The van der Waals surface area contributed by atoms with Gasteiger partial charge in [0.2, 0.25) is 0 Å². The Morgan fingerprint density at radius 3 is 2.67 bits per heavy atom. The Morgan fingerprint density at radius 2 is 1.96 bits per heavy atom. The topological polar surface area (TPSA) is 81.1 Å². The van der Waals surface area contributed by atoms with Gasteiger partial charge in [-0.15, -0.1) is 11.8 Å². The summed E-state index contributed by atoms with van der Waals surface area (Å²) < 4.78 is 0. The largest absolute Gasteiger partial charge is 0.394 e. The van der Waals surface area contributed by atoms with Crippen molar-refractivity contribution < 1.29 is 4.79 Å². The first-order valence-corrected chi connectivity index (χ1v) is 10.2. The molecule has 4 nitrogen and oxygen atoms in total. The van der Waals surface area contributed by atoms with Crippen LogP contribution in [-0.4, -0.2) is 11.7 Å². The minimum Gasteiger partial charge on any atom is -0.394 e. The normalized spacial score (nSPS) is 17.8. The quantitative estimate of drug-likeness (QED) is 0.681. The fourth-order valence-electron chi connectivity index (χ4n) is 3.49. The van der Waals surface area contributed by atoms with Crippen LogP contribution in [0.1, 0.15) is 52.9 Å². The molecule has 0 heterocycles. The number of aryl methyl sites for hydroxylation is 1. The minimum absolute atomic E-state index is 0.0445. The van der Waals surface area contributed by atoms with E-state index < -0.39 is 5.54 Å². The molecule has 2 unspecified atom stereocenters. The highest BCUT2D eigenvalue weighted by Crippen LogP contribution is 2.31. The molecule has 0 saturated heterocycles. The molecule has 0 spiro atoms. The summed E-state index contributed by atoms with van der Waals surface area (Å²) in [4.78, 5) is 12.6. The van der Waals surface area contributed by atoms with Crippen LogP contribution in [0.25, 0.3) is 0 Å². The van der Waals surface area contributed by atoms with Crippen LogP contribution in [0.2, 0.25) is 0 Å². The van der Waals surface area contributed by atoms with E-state index in [1.54, 1.807) is 0 Å². The Hall–Kier alpha value is -2.24. The van der Waals surface area contributed by atoms with Gasteiger partial charge in [0.05, 0.1) is 11.1 Å². The molecular weight excluding hydrogens is 354 g/mol. The second-order valence-electron chi connectivity index (χ2n) is 7.32. The lowest BCUT2D eigenvalue weighted by atomic mass is 9.90. The Morgan fingerprint density at radius 1 is 1.26 bits per heavy atom. The molecule has 2 atom stereocenters. The first kappa shape index (κ1) is 19.5. The molecule has 2 aromatic carbocycles. The fourth-order valence-corrected chi connectivity index (χ4v) is 4.28. The number of hydrogen-bond donors (Lipinski definition) is 3. The number of carbonyl (C=O) groups is 1. The standard InChI is InChI=1S/C22H27N3OS/c1-15(23)27-14-13-22(2,24)18-10-7-17(8-11-18)21(26)25-20-12-9-16-5-3-4-6-19(16)20/h3-8,10-11,20H,1,9,12-14,23-24H2,2H3,(H,25,26). The average Bonchev–Trinajstić information content (AvgIpc) is 3.04. The van der Waals surface area contributed by atoms with Crippen molar-refractivity contribution in [1.82, 2.24) is 5.32 Å². The summed E-state index contributed by atoms with van der Waals surface area (Å²) >= 11 is 1.51. The van der Waals surface area contributed by atoms with Crippen LogP contribution in [-0.2, 0) is 12.0 Å². The third-order valence-corrected chi connectivity index (χ3v) is 5.93. The summed E-state index contributed by atoms with van der Waals surface area (Å²) in [5.41, 5.74) is 15.8. The zero-order valence-electron chi connectivity index (χ0n) is 15.7. The third-order valence-electron chi connectivity index (χ3n) is 5.15. The number of nitrogens with two attached hydrogens (primary N) is 2. The number of benzene rings is 2. The molecule has 0 radical (unpaired) electrons. The number of nitrogens with one attached hydrogen (secondary N) is 1. The summed E-state index contributed by atoms with van der Waals surface area (Å²) in [7, 11) is 0. The summed E-state index contributed by atoms with van der Waals surface area (Å²) in [5, 5.41) is 3.76. The smallest absolute Gasteiger partial charge is 0.251 e.